The molecule has 9 nitrogen and oxygen atoms in total. The number of aryl methyl sites for hydroxylation is 1. The first-order valence-corrected chi connectivity index (χ1v) is 9.93. The molecule has 0 aliphatic carbocycles. The minimum atomic E-state index is -0.748. The molecule has 0 atom stereocenters. The van der Waals surface area contributed by atoms with Crippen molar-refractivity contribution in [2.75, 3.05) is 38.0 Å². The van der Waals surface area contributed by atoms with E-state index < -0.39 is 23.0 Å². The third kappa shape index (κ3) is 5.94. The van der Waals surface area contributed by atoms with Crippen molar-refractivity contribution in [1.82, 2.24) is 9.55 Å². The second kappa shape index (κ2) is 10.8. The van der Waals surface area contributed by atoms with Crippen LogP contribution in [0.1, 0.15) is 25.8 Å². The molecule has 0 saturated carbocycles. The van der Waals surface area contributed by atoms with Gasteiger partial charge >= 0.3 is 5.69 Å². The fourth-order valence-corrected chi connectivity index (χ4v) is 3.18. The molecule has 1 heterocycles. The summed E-state index contributed by atoms with van der Waals surface area (Å²) < 4.78 is 25.1. The number of carbonyl (C=O) groups excluding carboxylic acids is 1. The molecule has 0 unspecified atom stereocenters. The predicted octanol–water partition coefficient (Wildman–Crippen LogP) is 1.53. The molecule has 0 radical (unpaired) electrons. The van der Waals surface area contributed by atoms with Crippen LogP contribution in [-0.4, -0.2) is 42.8 Å². The molecule has 10 heteroatoms. The fraction of sp³-hybridized carbons (Fsp3) is 0.476. The maximum Gasteiger partial charge on any atom is 0.330 e. The van der Waals surface area contributed by atoms with E-state index >= 15 is 0 Å². The highest BCUT2D eigenvalue weighted by molar-refractivity contribution is 5.95. The lowest BCUT2D eigenvalue weighted by Gasteiger charge is -2.24. The minimum absolute atomic E-state index is 0.00231. The number of nitrogen functional groups attached to an aromatic ring is 1. The van der Waals surface area contributed by atoms with Gasteiger partial charge in [0.2, 0.25) is 5.91 Å². The van der Waals surface area contributed by atoms with Crippen molar-refractivity contribution >= 4 is 17.4 Å². The molecule has 0 saturated heterocycles. The maximum atomic E-state index is 13.9. The summed E-state index contributed by atoms with van der Waals surface area (Å²) in [6.07, 6.45) is 0.240. The van der Waals surface area contributed by atoms with Gasteiger partial charge in [0.05, 0.1) is 13.7 Å². The van der Waals surface area contributed by atoms with Gasteiger partial charge in [-0.15, -0.1) is 0 Å². The van der Waals surface area contributed by atoms with E-state index in [0.29, 0.717) is 5.56 Å². The van der Waals surface area contributed by atoms with E-state index in [1.54, 1.807) is 6.07 Å². The first-order chi connectivity index (χ1) is 14.7. The number of amides is 1. The van der Waals surface area contributed by atoms with E-state index in [0.717, 1.165) is 0 Å². The molecule has 2 aromatic rings. The van der Waals surface area contributed by atoms with Crippen molar-refractivity contribution in [3.63, 3.8) is 0 Å². The van der Waals surface area contributed by atoms with Crippen LogP contribution in [0.2, 0.25) is 0 Å². The molecule has 0 aliphatic heterocycles. The minimum Gasteiger partial charge on any atom is -0.494 e. The number of methoxy groups -OCH3 is 2. The molecule has 1 aromatic heterocycles. The molecule has 170 valence electrons. The van der Waals surface area contributed by atoms with Crippen LogP contribution in [0.5, 0.6) is 5.75 Å². The Labute approximate surface area is 179 Å². The van der Waals surface area contributed by atoms with E-state index in [1.807, 2.05) is 13.8 Å². The summed E-state index contributed by atoms with van der Waals surface area (Å²) in [7, 11) is 2.84. The lowest BCUT2D eigenvalue weighted by atomic mass is 10.1. The number of halogens is 1. The van der Waals surface area contributed by atoms with Gasteiger partial charge in [-0.3, -0.25) is 19.1 Å². The van der Waals surface area contributed by atoms with Crippen molar-refractivity contribution in [2.45, 2.75) is 33.2 Å². The van der Waals surface area contributed by atoms with Crippen LogP contribution < -0.4 is 26.6 Å². The Bertz CT molecular complexity index is 1030. The van der Waals surface area contributed by atoms with Crippen molar-refractivity contribution in [2.24, 2.45) is 5.92 Å². The number of nitrogens with one attached hydrogen (secondary N) is 1. The van der Waals surface area contributed by atoms with E-state index in [-0.39, 0.29) is 55.7 Å². The fourth-order valence-electron chi connectivity index (χ4n) is 3.18. The lowest BCUT2D eigenvalue weighted by Crippen LogP contribution is -2.43. The molecule has 0 fully saturated rings. The number of hydrogen-bond acceptors (Lipinski definition) is 6. The molecule has 0 aliphatic rings. The molecule has 3 N–H and O–H groups in total. The Hall–Kier alpha value is -3.14. The van der Waals surface area contributed by atoms with Crippen LogP contribution in [0.15, 0.2) is 27.8 Å². The summed E-state index contributed by atoms with van der Waals surface area (Å²) in [5.74, 6) is -0.803. The maximum absolute atomic E-state index is 13.9. The molecule has 0 spiro atoms. The molecular formula is C21H29FN4O5. The predicted molar refractivity (Wildman–Crippen MR) is 116 cm³/mol. The van der Waals surface area contributed by atoms with Gasteiger partial charge in [0, 0.05) is 26.6 Å². The van der Waals surface area contributed by atoms with Crippen molar-refractivity contribution in [1.29, 1.82) is 0 Å². The van der Waals surface area contributed by atoms with Gasteiger partial charge in [0.25, 0.3) is 5.56 Å². The number of hydrogen-bond donors (Lipinski definition) is 2. The van der Waals surface area contributed by atoms with Gasteiger partial charge in [-0.2, -0.15) is 0 Å². The highest BCUT2D eigenvalue weighted by Gasteiger charge is 2.24. The van der Waals surface area contributed by atoms with Gasteiger partial charge in [-0.05, 0) is 30.0 Å². The summed E-state index contributed by atoms with van der Waals surface area (Å²) in [5.41, 5.74) is 5.28. The average Bonchev–Trinajstić information content (AvgIpc) is 2.71. The quantitative estimate of drug-likeness (QED) is 0.583. The van der Waals surface area contributed by atoms with Gasteiger partial charge in [-0.1, -0.05) is 19.9 Å². The zero-order valence-electron chi connectivity index (χ0n) is 18.2. The van der Waals surface area contributed by atoms with Crippen LogP contribution in [0.25, 0.3) is 0 Å². The number of benzene rings is 1. The number of H-pyrrole nitrogens is 1. The normalized spacial score (nSPS) is 11.0. The summed E-state index contributed by atoms with van der Waals surface area (Å²) >= 11 is 0. The van der Waals surface area contributed by atoms with Crippen molar-refractivity contribution < 1.29 is 18.7 Å². The van der Waals surface area contributed by atoms with Crippen LogP contribution >= 0.6 is 0 Å². The van der Waals surface area contributed by atoms with Crippen LogP contribution in [0.3, 0.4) is 0 Å². The van der Waals surface area contributed by atoms with Crippen molar-refractivity contribution in [3.8, 4) is 5.75 Å². The topological polar surface area (TPSA) is 120 Å². The zero-order valence-corrected chi connectivity index (χ0v) is 18.2. The monoisotopic (exact) mass is 436 g/mol. The Kier molecular flexibility index (Phi) is 8.38. The van der Waals surface area contributed by atoms with E-state index in [2.05, 4.69) is 4.98 Å². The second-order valence-corrected chi connectivity index (χ2v) is 7.50. The smallest absolute Gasteiger partial charge is 0.330 e. The largest absolute Gasteiger partial charge is 0.494 e. The SMILES string of the molecule is COCCN(C(=O)CCc1ccc(OC)c(F)c1)c1c(N)n(CC(C)C)c(=O)[nH]c1=O. The van der Waals surface area contributed by atoms with E-state index in [9.17, 15) is 18.8 Å². The molecule has 0 bridgehead atoms. The third-order valence-electron chi connectivity index (χ3n) is 4.70. The highest BCUT2D eigenvalue weighted by Crippen LogP contribution is 2.21. The third-order valence-corrected chi connectivity index (χ3v) is 4.70. The summed E-state index contributed by atoms with van der Waals surface area (Å²) in [6.45, 7) is 4.31. The number of nitrogens with two attached hydrogens (primary N) is 1. The summed E-state index contributed by atoms with van der Waals surface area (Å²) in [6, 6.07) is 4.45. The number of rotatable bonds is 10. The zero-order chi connectivity index (χ0) is 23.1. The Morgan fingerprint density at radius 2 is 2.00 bits per heavy atom. The van der Waals surface area contributed by atoms with Crippen LogP contribution in [-0.2, 0) is 22.5 Å². The molecule has 1 aromatic carbocycles. The van der Waals surface area contributed by atoms with Crippen molar-refractivity contribution in [3.05, 3.63) is 50.4 Å². The number of aromatic amines is 1. The van der Waals surface area contributed by atoms with Gasteiger partial charge in [0.15, 0.2) is 17.3 Å². The van der Waals surface area contributed by atoms with Gasteiger partial charge < -0.3 is 20.1 Å². The van der Waals surface area contributed by atoms with E-state index in [4.69, 9.17) is 15.2 Å². The average molecular weight is 436 g/mol. The first-order valence-electron chi connectivity index (χ1n) is 9.93. The lowest BCUT2D eigenvalue weighted by molar-refractivity contribution is -0.118. The second-order valence-electron chi connectivity index (χ2n) is 7.50. The Morgan fingerprint density at radius 1 is 1.29 bits per heavy atom. The summed E-state index contributed by atoms with van der Waals surface area (Å²) in [5, 5.41) is 0. The van der Waals surface area contributed by atoms with Crippen LogP contribution in [0, 0.1) is 11.7 Å². The number of carbonyl (C=O) groups is 1. The highest BCUT2D eigenvalue weighted by atomic mass is 19.1. The Morgan fingerprint density at radius 3 is 2.58 bits per heavy atom. The van der Waals surface area contributed by atoms with Gasteiger partial charge in [-0.25, -0.2) is 9.18 Å². The molecule has 31 heavy (non-hydrogen) atoms. The number of aromatic nitrogens is 2. The number of ether oxygens (including phenoxy) is 2. The van der Waals surface area contributed by atoms with E-state index in [1.165, 1.54) is 35.8 Å². The first kappa shape index (κ1) is 24.1. The molecular weight excluding hydrogens is 407 g/mol. The molecule has 2 rings (SSSR count). The molecule has 1 amide bonds. The van der Waals surface area contributed by atoms with Gasteiger partial charge in [0.1, 0.15) is 5.82 Å². The standard InChI is InChI=1S/C21H29FN4O5/c1-13(2)12-26-19(23)18(20(28)24-21(26)29)25(9-10-30-3)17(27)8-6-14-5-7-16(31-4)15(22)11-14/h5,7,11,13H,6,8-10,12,23H2,1-4H3,(H,24,28,29). The van der Waals surface area contributed by atoms with Crippen LogP contribution in [0.4, 0.5) is 15.9 Å². The number of nitrogens with zero attached hydrogens (tertiary/aromatic N) is 2. The number of anilines is 2. The Balaban J connectivity index is 2.34. The summed E-state index contributed by atoms with van der Waals surface area (Å²) in [4.78, 5) is 41.2.